The number of nitrogens with zero attached hydrogens (tertiary/aromatic N) is 2. The molecule has 4 aliphatic rings. The average Bonchev–Trinajstić information content (AvgIpc) is 3.15. The van der Waals surface area contributed by atoms with Crippen molar-refractivity contribution in [3.63, 3.8) is 0 Å². The quantitative estimate of drug-likeness (QED) is 0.338. The molecule has 0 spiro atoms. The molecule has 0 unspecified atom stereocenters. The Labute approximate surface area is 146 Å². The van der Waals surface area contributed by atoms with Crippen LogP contribution >= 0.6 is 0 Å². The summed E-state index contributed by atoms with van der Waals surface area (Å²) >= 11 is 0. The smallest absolute Gasteiger partial charge is 0.351 e. The summed E-state index contributed by atoms with van der Waals surface area (Å²) in [5.41, 5.74) is 0. The number of amides is 1. The van der Waals surface area contributed by atoms with E-state index in [0.29, 0.717) is 6.54 Å². The Balaban J connectivity index is 1.69. The fourth-order valence-electron chi connectivity index (χ4n) is 4.41. The molecule has 0 saturated carbocycles. The summed E-state index contributed by atoms with van der Waals surface area (Å²) in [6.07, 6.45) is 0.193. The van der Waals surface area contributed by atoms with Crippen LogP contribution in [0.25, 0.3) is 0 Å². The average molecular weight is 355 g/mol. The maximum Gasteiger partial charge on any atom is 0.351 e. The number of hydrogen-bond acceptors (Lipinski definition) is 5. The van der Waals surface area contributed by atoms with E-state index in [9.17, 15) is 20.1 Å². The number of ether oxygens (including phenoxy) is 1. The number of aliphatic hydroxyl groups excluding tert-OH is 3. The van der Waals surface area contributed by atoms with E-state index in [1.807, 2.05) is 4.90 Å². The highest BCUT2D eigenvalue weighted by Gasteiger charge is 2.59. The monoisotopic (exact) mass is 355 g/mol. The van der Waals surface area contributed by atoms with Crippen LogP contribution < -0.4 is 10.6 Å². The summed E-state index contributed by atoms with van der Waals surface area (Å²) in [6, 6.07) is -0.540. The molecule has 0 aromatic heterocycles. The van der Waals surface area contributed by atoms with Gasteiger partial charge in [0.2, 0.25) is 6.23 Å². The summed E-state index contributed by atoms with van der Waals surface area (Å²) in [4.78, 5) is 14.2. The molecule has 25 heavy (non-hydrogen) atoms. The maximum atomic E-state index is 12.3. The standard InChI is InChI=1S/C16H26N4O5/c21-8-10-12(22)13(23)15(25-10)20-9-4-5-17-14(24)11(9)18-16(20)19-6-2-1-3-7-19/h9-13,15,21-23H,1-8H2,(H,17,24)/p+1/t9-,10-,11+,12+,13+,15-/m0/s1. The Hall–Kier alpha value is -1.42. The summed E-state index contributed by atoms with van der Waals surface area (Å²) in [5, 5.41) is 36.2. The molecule has 9 nitrogen and oxygen atoms in total. The Morgan fingerprint density at radius 1 is 1.20 bits per heavy atom. The minimum absolute atomic E-state index is 0.0556. The minimum Gasteiger partial charge on any atom is -0.394 e. The van der Waals surface area contributed by atoms with Crippen LogP contribution in [0.15, 0.2) is 0 Å². The van der Waals surface area contributed by atoms with Gasteiger partial charge in [0.15, 0.2) is 6.04 Å². The molecule has 4 fully saturated rings. The van der Waals surface area contributed by atoms with E-state index < -0.39 is 30.6 Å². The highest BCUT2D eigenvalue weighted by atomic mass is 16.6. The fourth-order valence-corrected chi connectivity index (χ4v) is 4.41. The van der Waals surface area contributed by atoms with E-state index in [1.54, 1.807) is 0 Å². The third-order valence-electron chi connectivity index (χ3n) is 5.74. The molecule has 9 heteroatoms. The van der Waals surface area contributed by atoms with Gasteiger partial charge in [-0.25, -0.2) is 4.90 Å². The molecular weight excluding hydrogens is 328 g/mol. The SMILES string of the molecule is O=C1NCC[C@H]2[C@H]1NC(=[N+]1CCCCC1)N2[C@H]1O[C@@H](CO)[C@@H](O)[C@H]1O. The molecule has 4 aliphatic heterocycles. The number of aliphatic hydroxyl groups is 3. The van der Waals surface area contributed by atoms with E-state index in [-0.39, 0.29) is 18.6 Å². The molecule has 4 saturated heterocycles. The molecule has 0 bridgehead atoms. The van der Waals surface area contributed by atoms with Crippen LogP contribution in [0, 0.1) is 0 Å². The Kier molecular flexibility index (Phi) is 4.57. The lowest BCUT2D eigenvalue weighted by Gasteiger charge is -2.31. The van der Waals surface area contributed by atoms with Gasteiger partial charge in [-0.05, 0) is 19.3 Å². The van der Waals surface area contributed by atoms with E-state index in [1.165, 1.54) is 6.42 Å². The predicted octanol–water partition coefficient (Wildman–Crippen LogP) is -2.86. The van der Waals surface area contributed by atoms with Gasteiger partial charge in [0.25, 0.3) is 5.91 Å². The normalized spacial score (nSPS) is 41.6. The lowest BCUT2D eigenvalue weighted by Crippen LogP contribution is -2.56. The van der Waals surface area contributed by atoms with Crippen molar-refractivity contribution in [3.8, 4) is 0 Å². The second-order valence-electron chi connectivity index (χ2n) is 7.28. The van der Waals surface area contributed by atoms with Gasteiger partial charge in [-0.3, -0.25) is 14.7 Å². The summed E-state index contributed by atoms with van der Waals surface area (Å²) < 4.78 is 7.98. The van der Waals surface area contributed by atoms with Gasteiger partial charge in [0.05, 0.1) is 19.7 Å². The van der Waals surface area contributed by atoms with Crippen LogP contribution in [0.4, 0.5) is 0 Å². The van der Waals surface area contributed by atoms with E-state index >= 15 is 0 Å². The minimum atomic E-state index is -1.14. The molecule has 5 N–H and O–H groups in total. The van der Waals surface area contributed by atoms with Crippen molar-refractivity contribution in [2.75, 3.05) is 26.2 Å². The van der Waals surface area contributed by atoms with Gasteiger partial charge in [-0.15, -0.1) is 0 Å². The van der Waals surface area contributed by atoms with Crippen molar-refractivity contribution in [1.82, 2.24) is 15.5 Å². The first-order valence-corrected chi connectivity index (χ1v) is 9.18. The summed E-state index contributed by atoms with van der Waals surface area (Å²) in [5.74, 6) is 0.738. The number of carbonyl (C=O) groups is 1. The number of guanidine groups is 1. The fraction of sp³-hybridized carbons (Fsp3) is 0.875. The number of carbonyl (C=O) groups excluding carboxylic acids is 1. The van der Waals surface area contributed by atoms with Crippen LogP contribution in [0.2, 0.25) is 0 Å². The molecule has 0 aliphatic carbocycles. The zero-order chi connectivity index (χ0) is 17.6. The van der Waals surface area contributed by atoms with Gasteiger partial charge >= 0.3 is 5.96 Å². The van der Waals surface area contributed by atoms with Crippen molar-refractivity contribution in [1.29, 1.82) is 0 Å². The Morgan fingerprint density at radius 2 is 1.96 bits per heavy atom. The van der Waals surface area contributed by atoms with Crippen LogP contribution in [-0.4, -0.2) is 99.5 Å². The highest BCUT2D eigenvalue weighted by Crippen LogP contribution is 2.31. The molecule has 140 valence electrons. The highest BCUT2D eigenvalue weighted by molar-refractivity contribution is 5.92. The van der Waals surface area contributed by atoms with E-state index in [0.717, 1.165) is 38.3 Å². The molecule has 4 heterocycles. The number of piperidine rings is 2. The van der Waals surface area contributed by atoms with Crippen LogP contribution in [0.5, 0.6) is 0 Å². The summed E-state index contributed by atoms with van der Waals surface area (Å²) in [7, 11) is 0. The van der Waals surface area contributed by atoms with Crippen LogP contribution in [0.3, 0.4) is 0 Å². The molecule has 6 atom stereocenters. The van der Waals surface area contributed by atoms with E-state index in [2.05, 4.69) is 15.2 Å². The lowest BCUT2D eigenvalue weighted by molar-refractivity contribution is -0.544. The van der Waals surface area contributed by atoms with Gasteiger partial charge in [0, 0.05) is 13.0 Å². The van der Waals surface area contributed by atoms with Crippen molar-refractivity contribution in [2.24, 2.45) is 0 Å². The molecule has 4 rings (SSSR count). The number of nitrogens with one attached hydrogen (secondary N) is 2. The first kappa shape index (κ1) is 17.0. The number of hydrogen-bond donors (Lipinski definition) is 5. The Bertz CT molecular complexity index is 563. The topological polar surface area (TPSA) is 117 Å². The first-order valence-electron chi connectivity index (χ1n) is 9.18. The zero-order valence-corrected chi connectivity index (χ0v) is 14.2. The van der Waals surface area contributed by atoms with Gasteiger partial charge in [-0.2, -0.15) is 0 Å². The second-order valence-corrected chi connectivity index (χ2v) is 7.28. The molecule has 0 radical (unpaired) electrons. The largest absolute Gasteiger partial charge is 0.394 e. The van der Waals surface area contributed by atoms with Crippen molar-refractivity contribution >= 4 is 11.9 Å². The number of rotatable bonds is 2. The predicted molar refractivity (Wildman–Crippen MR) is 86.8 cm³/mol. The molecular formula is C16H27N4O5+. The van der Waals surface area contributed by atoms with Gasteiger partial charge in [-0.1, -0.05) is 0 Å². The lowest BCUT2D eigenvalue weighted by atomic mass is 10.00. The van der Waals surface area contributed by atoms with Crippen molar-refractivity contribution in [3.05, 3.63) is 0 Å². The van der Waals surface area contributed by atoms with Crippen LogP contribution in [-0.2, 0) is 9.53 Å². The van der Waals surface area contributed by atoms with Gasteiger partial charge < -0.3 is 25.4 Å². The third-order valence-corrected chi connectivity index (χ3v) is 5.74. The van der Waals surface area contributed by atoms with Crippen molar-refractivity contribution < 1.29 is 29.4 Å². The summed E-state index contributed by atoms with van der Waals surface area (Å²) in [6.45, 7) is 1.98. The van der Waals surface area contributed by atoms with Crippen molar-refractivity contribution in [2.45, 2.75) is 62.3 Å². The second kappa shape index (κ2) is 6.71. The maximum absolute atomic E-state index is 12.3. The van der Waals surface area contributed by atoms with Gasteiger partial charge in [0.1, 0.15) is 24.4 Å². The molecule has 1 amide bonds. The van der Waals surface area contributed by atoms with Crippen LogP contribution in [0.1, 0.15) is 25.7 Å². The number of fused-ring (bicyclic) bond motifs is 1. The Morgan fingerprint density at radius 3 is 2.64 bits per heavy atom. The first-order chi connectivity index (χ1) is 12.1. The molecule has 0 aromatic rings. The zero-order valence-electron chi connectivity index (χ0n) is 14.2. The molecule has 0 aromatic carbocycles. The van der Waals surface area contributed by atoms with E-state index in [4.69, 9.17) is 4.74 Å². The third kappa shape index (κ3) is 2.79.